The van der Waals surface area contributed by atoms with Crippen LogP contribution in [0.3, 0.4) is 0 Å². The molecule has 0 bridgehead atoms. The summed E-state index contributed by atoms with van der Waals surface area (Å²) < 4.78 is 5.37. The van der Waals surface area contributed by atoms with E-state index in [1.165, 1.54) is 6.07 Å². The van der Waals surface area contributed by atoms with E-state index in [1.54, 1.807) is 49.6 Å². The Bertz CT molecular complexity index is 1300. The van der Waals surface area contributed by atoms with Gasteiger partial charge in [0.05, 0.1) is 17.2 Å². The fourth-order valence-electron chi connectivity index (χ4n) is 3.93. The van der Waals surface area contributed by atoms with Crippen molar-refractivity contribution < 1.29 is 14.3 Å². The molecule has 34 heavy (non-hydrogen) atoms. The van der Waals surface area contributed by atoms with Gasteiger partial charge in [-0.25, -0.2) is 0 Å². The Balaban J connectivity index is 1.54. The molecule has 2 N–H and O–H groups in total. The van der Waals surface area contributed by atoms with Crippen molar-refractivity contribution in [3.05, 3.63) is 99.0 Å². The molecule has 1 amide bonds. The molecule has 0 aliphatic carbocycles. The van der Waals surface area contributed by atoms with Crippen LogP contribution in [0, 0.1) is 0 Å². The van der Waals surface area contributed by atoms with Gasteiger partial charge in [-0.2, -0.15) is 0 Å². The average Bonchev–Trinajstić information content (AvgIpc) is 2.80. The van der Waals surface area contributed by atoms with Gasteiger partial charge in [-0.15, -0.1) is 0 Å². The molecule has 0 atom stereocenters. The molecule has 1 aliphatic heterocycles. The van der Waals surface area contributed by atoms with Gasteiger partial charge in [-0.3, -0.25) is 9.59 Å². The lowest BCUT2D eigenvalue weighted by atomic mass is 9.85. The van der Waals surface area contributed by atoms with Gasteiger partial charge in [0.15, 0.2) is 5.78 Å². The first-order chi connectivity index (χ1) is 16.1. The smallest absolute Gasteiger partial charge is 0.255 e. The number of benzene rings is 3. The van der Waals surface area contributed by atoms with E-state index in [9.17, 15) is 9.59 Å². The van der Waals surface area contributed by atoms with Crippen LogP contribution in [-0.2, 0) is 6.42 Å². The van der Waals surface area contributed by atoms with Crippen molar-refractivity contribution in [2.24, 2.45) is 0 Å². The lowest BCUT2D eigenvalue weighted by Gasteiger charge is -2.35. The summed E-state index contributed by atoms with van der Waals surface area (Å²) in [5.74, 6) is 0.274. The first-order valence-electron chi connectivity index (χ1n) is 10.7. The van der Waals surface area contributed by atoms with E-state index in [-0.39, 0.29) is 17.2 Å². The number of hydrogen-bond donors (Lipinski definition) is 2. The molecule has 0 saturated carbocycles. The SMILES string of the molecule is COc1ccc2c(c1)/C(=C/C(=O)c1ccc(NC(=O)c3ccc(Cl)c(Cl)c3)cc1)NC(C)(C)C2. The Morgan fingerprint density at radius 2 is 1.68 bits per heavy atom. The highest BCUT2D eigenvalue weighted by atomic mass is 35.5. The molecule has 0 aromatic heterocycles. The highest BCUT2D eigenvalue weighted by molar-refractivity contribution is 6.42. The molecule has 1 aliphatic rings. The molecule has 1 heterocycles. The number of hydrogen-bond acceptors (Lipinski definition) is 4. The molecule has 7 heteroatoms. The molecule has 0 radical (unpaired) electrons. The van der Waals surface area contributed by atoms with Gasteiger partial charge in [0.1, 0.15) is 5.75 Å². The standard InChI is InChI=1S/C27H24Cl2N2O3/c1-27(2)15-18-6-10-20(34-3)13-21(18)24(31-27)14-25(32)16-4-8-19(9-5-16)30-26(33)17-7-11-22(28)23(29)12-17/h4-14,31H,15H2,1-3H3,(H,30,33)/b24-14-. The van der Waals surface area contributed by atoms with Gasteiger partial charge >= 0.3 is 0 Å². The van der Waals surface area contributed by atoms with Crippen LogP contribution >= 0.6 is 23.2 Å². The number of methoxy groups -OCH3 is 1. The summed E-state index contributed by atoms with van der Waals surface area (Å²) in [6, 6.07) is 17.3. The number of amides is 1. The summed E-state index contributed by atoms with van der Waals surface area (Å²) in [6.45, 7) is 4.20. The summed E-state index contributed by atoms with van der Waals surface area (Å²) in [4.78, 5) is 25.5. The number of halogens is 2. The van der Waals surface area contributed by atoms with E-state index in [0.29, 0.717) is 26.9 Å². The third kappa shape index (κ3) is 5.27. The van der Waals surface area contributed by atoms with E-state index in [4.69, 9.17) is 27.9 Å². The number of fused-ring (bicyclic) bond motifs is 1. The van der Waals surface area contributed by atoms with E-state index in [2.05, 4.69) is 24.5 Å². The number of ketones is 1. The largest absolute Gasteiger partial charge is 0.497 e. The van der Waals surface area contributed by atoms with E-state index in [1.807, 2.05) is 18.2 Å². The molecule has 0 spiro atoms. The minimum Gasteiger partial charge on any atom is -0.497 e. The zero-order chi connectivity index (χ0) is 24.5. The molecular formula is C27H24Cl2N2O3. The fraction of sp³-hybridized carbons (Fsp3) is 0.185. The van der Waals surface area contributed by atoms with Crippen LogP contribution in [0.25, 0.3) is 5.70 Å². The normalized spacial score (nSPS) is 15.3. The molecule has 0 fully saturated rings. The fourth-order valence-corrected chi connectivity index (χ4v) is 4.22. The number of carbonyl (C=O) groups is 2. The molecule has 5 nitrogen and oxygen atoms in total. The van der Waals surface area contributed by atoms with Crippen molar-refractivity contribution >= 4 is 46.3 Å². The van der Waals surface area contributed by atoms with Gasteiger partial charge < -0.3 is 15.4 Å². The molecule has 3 aromatic rings. The van der Waals surface area contributed by atoms with E-state index < -0.39 is 0 Å². The van der Waals surface area contributed by atoms with Crippen LogP contribution in [-0.4, -0.2) is 24.3 Å². The van der Waals surface area contributed by atoms with Gasteiger partial charge in [-0.05, 0) is 80.4 Å². The summed E-state index contributed by atoms with van der Waals surface area (Å²) in [5, 5.41) is 6.96. The Hall–Kier alpha value is -3.28. The zero-order valence-corrected chi connectivity index (χ0v) is 20.6. The molecule has 174 valence electrons. The summed E-state index contributed by atoms with van der Waals surface area (Å²) in [6.07, 6.45) is 2.45. The van der Waals surface area contributed by atoms with Gasteiger partial charge in [-0.1, -0.05) is 29.3 Å². The van der Waals surface area contributed by atoms with Crippen LogP contribution in [0.1, 0.15) is 45.7 Å². The number of ether oxygens (including phenoxy) is 1. The minimum absolute atomic E-state index is 0.142. The third-order valence-electron chi connectivity index (χ3n) is 5.60. The maximum atomic E-state index is 13.1. The van der Waals surface area contributed by atoms with E-state index >= 15 is 0 Å². The zero-order valence-electron chi connectivity index (χ0n) is 19.0. The molecule has 3 aromatic carbocycles. The van der Waals surface area contributed by atoms with Crippen molar-refractivity contribution in [1.82, 2.24) is 5.32 Å². The Morgan fingerprint density at radius 1 is 0.971 bits per heavy atom. The monoisotopic (exact) mass is 494 g/mol. The number of allylic oxidation sites excluding steroid dienone is 1. The molecule has 0 saturated heterocycles. The molecule has 4 rings (SSSR count). The van der Waals surface area contributed by atoms with Crippen LogP contribution < -0.4 is 15.4 Å². The second-order valence-electron chi connectivity index (χ2n) is 8.79. The topological polar surface area (TPSA) is 67.4 Å². The number of rotatable bonds is 5. The van der Waals surface area contributed by atoms with Crippen molar-refractivity contribution in [3.63, 3.8) is 0 Å². The summed E-state index contributed by atoms with van der Waals surface area (Å²) in [7, 11) is 1.62. The first-order valence-corrected chi connectivity index (χ1v) is 11.5. The second kappa shape index (κ2) is 9.53. The predicted molar refractivity (Wildman–Crippen MR) is 137 cm³/mol. The highest BCUT2D eigenvalue weighted by Crippen LogP contribution is 2.32. The van der Waals surface area contributed by atoms with E-state index in [0.717, 1.165) is 29.0 Å². The predicted octanol–water partition coefficient (Wildman–Crippen LogP) is 6.40. The Kier molecular flexibility index (Phi) is 6.69. The third-order valence-corrected chi connectivity index (χ3v) is 6.34. The summed E-state index contributed by atoms with van der Waals surface area (Å²) in [5.41, 5.74) is 4.14. The maximum Gasteiger partial charge on any atom is 0.255 e. The van der Waals surface area contributed by atoms with Crippen LogP contribution in [0.2, 0.25) is 10.0 Å². The maximum absolute atomic E-state index is 13.1. The average molecular weight is 495 g/mol. The second-order valence-corrected chi connectivity index (χ2v) is 9.61. The molecule has 0 unspecified atom stereocenters. The van der Waals surface area contributed by atoms with Gasteiger partial charge in [0.2, 0.25) is 0 Å². The first kappa shape index (κ1) is 23.9. The number of carbonyl (C=O) groups excluding carboxylic acids is 2. The highest BCUT2D eigenvalue weighted by Gasteiger charge is 2.28. The quantitative estimate of drug-likeness (QED) is 0.318. The Labute approximate surface area is 208 Å². The van der Waals surface area contributed by atoms with Gasteiger partial charge in [0.25, 0.3) is 5.91 Å². The molecular weight excluding hydrogens is 471 g/mol. The van der Waals surface area contributed by atoms with Crippen molar-refractivity contribution in [2.75, 3.05) is 12.4 Å². The van der Waals surface area contributed by atoms with Crippen molar-refractivity contribution in [3.8, 4) is 5.75 Å². The van der Waals surface area contributed by atoms with Crippen LogP contribution in [0.4, 0.5) is 5.69 Å². The lowest BCUT2D eigenvalue weighted by molar-refractivity contribution is 0.102. The van der Waals surface area contributed by atoms with Crippen LogP contribution in [0.5, 0.6) is 5.75 Å². The van der Waals surface area contributed by atoms with Crippen LogP contribution in [0.15, 0.2) is 66.7 Å². The number of nitrogens with one attached hydrogen (secondary N) is 2. The summed E-state index contributed by atoms with van der Waals surface area (Å²) >= 11 is 11.9. The lowest BCUT2D eigenvalue weighted by Crippen LogP contribution is -2.43. The van der Waals surface area contributed by atoms with Crippen molar-refractivity contribution in [1.29, 1.82) is 0 Å². The minimum atomic E-state index is -0.320. The van der Waals surface area contributed by atoms with Crippen molar-refractivity contribution in [2.45, 2.75) is 25.8 Å². The number of anilines is 1. The van der Waals surface area contributed by atoms with Gasteiger partial charge in [0, 0.05) is 39.7 Å². The Morgan fingerprint density at radius 3 is 2.35 bits per heavy atom.